The number of ether oxygens (including phenoxy) is 1. The fourth-order valence-corrected chi connectivity index (χ4v) is 6.18. The number of sulfonamides is 1. The molecule has 3 atom stereocenters. The number of hydrogen-bond acceptors (Lipinski definition) is 6. The van der Waals surface area contributed by atoms with Crippen molar-refractivity contribution in [2.24, 2.45) is 5.92 Å². The number of benzene rings is 3. The minimum atomic E-state index is -3.99. The largest absolute Gasteiger partial charge is 0.394 e. The fraction of sp³-hybridized carbons (Fsp3) is 0.333. The summed E-state index contributed by atoms with van der Waals surface area (Å²) < 4.78 is 34.5. The topological polar surface area (TPSA) is 111 Å². The van der Waals surface area contributed by atoms with E-state index >= 15 is 0 Å². The molecule has 9 heteroatoms. The van der Waals surface area contributed by atoms with Gasteiger partial charge in [-0.3, -0.25) is 4.79 Å². The van der Waals surface area contributed by atoms with Crippen LogP contribution in [0.15, 0.2) is 77.7 Å². The molecule has 0 unspecified atom stereocenters. The van der Waals surface area contributed by atoms with E-state index in [1.807, 2.05) is 55.5 Å². The summed E-state index contributed by atoms with van der Waals surface area (Å²) >= 11 is 0. The number of carbonyl (C=O) groups excluding carboxylic acids is 1. The Morgan fingerprint density at radius 1 is 1.05 bits per heavy atom. The average molecular weight is 548 g/mol. The predicted molar refractivity (Wildman–Crippen MR) is 148 cm³/mol. The van der Waals surface area contributed by atoms with E-state index in [1.54, 1.807) is 30.0 Å². The third-order valence-electron chi connectivity index (χ3n) is 7.23. The molecule has 1 aliphatic heterocycles. The molecule has 1 N–H and O–H groups in total. The Labute approximate surface area is 230 Å². The fourth-order valence-electron chi connectivity index (χ4n) is 4.85. The third-order valence-corrected chi connectivity index (χ3v) is 9.11. The highest BCUT2D eigenvalue weighted by atomic mass is 32.2. The highest BCUT2D eigenvalue weighted by Gasteiger charge is 2.33. The SMILES string of the molecule is C[C@H](CO)N1C[C@H](C)[C@H](CN(C)S(=O)(=O)c2ccccc2C#N)OCc2ccccc2-c2ccccc2C1=O. The minimum Gasteiger partial charge on any atom is -0.394 e. The van der Waals surface area contributed by atoms with E-state index in [2.05, 4.69) is 0 Å². The van der Waals surface area contributed by atoms with Crippen LogP contribution in [0, 0.1) is 17.2 Å². The van der Waals surface area contributed by atoms with Crippen molar-refractivity contribution in [3.05, 3.63) is 89.5 Å². The summed E-state index contributed by atoms with van der Waals surface area (Å²) in [6, 6.07) is 22.7. The summed E-state index contributed by atoms with van der Waals surface area (Å²) in [7, 11) is -2.52. The number of aliphatic hydroxyl groups is 1. The lowest BCUT2D eigenvalue weighted by Gasteiger charge is -2.35. The van der Waals surface area contributed by atoms with Crippen molar-refractivity contribution in [2.75, 3.05) is 26.7 Å². The van der Waals surface area contributed by atoms with E-state index in [4.69, 9.17) is 4.74 Å². The van der Waals surface area contributed by atoms with Crippen LogP contribution in [0.3, 0.4) is 0 Å². The van der Waals surface area contributed by atoms with Gasteiger partial charge in [-0.05, 0) is 41.8 Å². The summed E-state index contributed by atoms with van der Waals surface area (Å²) in [5.74, 6) is -0.498. The van der Waals surface area contributed by atoms with Gasteiger partial charge in [0.25, 0.3) is 5.91 Å². The normalized spacial score (nSPS) is 19.0. The first-order chi connectivity index (χ1) is 18.7. The lowest BCUT2D eigenvalue weighted by molar-refractivity contribution is -0.0146. The number of likely N-dealkylation sites (N-methyl/N-ethyl adjacent to an activating group) is 1. The van der Waals surface area contributed by atoms with Gasteiger partial charge in [0.15, 0.2) is 0 Å². The van der Waals surface area contributed by atoms with Crippen LogP contribution in [-0.2, 0) is 21.4 Å². The van der Waals surface area contributed by atoms with Crippen molar-refractivity contribution in [1.82, 2.24) is 9.21 Å². The molecule has 1 heterocycles. The first kappa shape index (κ1) is 28.5. The number of nitriles is 1. The number of rotatable bonds is 6. The zero-order chi connectivity index (χ0) is 28.2. The number of aliphatic hydroxyl groups excluding tert-OH is 1. The lowest BCUT2D eigenvalue weighted by atomic mass is 9.94. The molecule has 204 valence electrons. The number of amides is 1. The van der Waals surface area contributed by atoms with Crippen molar-refractivity contribution in [1.29, 1.82) is 5.26 Å². The molecule has 3 aromatic carbocycles. The average Bonchev–Trinajstić information content (AvgIpc) is 2.98. The van der Waals surface area contributed by atoms with Gasteiger partial charge in [-0.1, -0.05) is 61.5 Å². The Kier molecular flexibility index (Phi) is 8.83. The maximum atomic E-state index is 13.9. The van der Waals surface area contributed by atoms with Crippen molar-refractivity contribution < 1.29 is 23.1 Å². The van der Waals surface area contributed by atoms with E-state index < -0.39 is 22.2 Å². The third kappa shape index (κ3) is 5.89. The molecule has 0 bridgehead atoms. The van der Waals surface area contributed by atoms with Gasteiger partial charge in [-0.25, -0.2) is 8.42 Å². The van der Waals surface area contributed by atoms with Gasteiger partial charge in [0.2, 0.25) is 10.0 Å². The van der Waals surface area contributed by atoms with Gasteiger partial charge in [0.05, 0.1) is 35.8 Å². The second-order valence-electron chi connectivity index (χ2n) is 9.91. The summed E-state index contributed by atoms with van der Waals surface area (Å²) in [4.78, 5) is 15.5. The monoisotopic (exact) mass is 547 g/mol. The molecule has 1 amide bonds. The highest BCUT2D eigenvalue weighted by molar-refractivity contribution is 7.89. The van der Waals surface area contributed by atoms with Crippen molar-refractivity contribution in [3.63, 3.8) is 0 Å². The number of nitrogens with zero attached hydrogens (tertiary/aromatic N) is 3. The van der Waals surface area contributed by atoms with Crippen LogP contribution >= 0.6 is 0 Å². The van der Waals surface area contributed by atoms with Crippen LogP contribution in [0.4, 0.5) is 0 Å². The molecule has 0 fully saturated rings. The Bertz CT molecular complexity index is 1480. The zero-order valence-corrected chi connectivity index (χ0v) is 23.1. The van der Waals surface area contributed by atoms with Crippen LogP contribution in [0.5, 0.6) is 0 Å². The Morgan fingerprint density at radius 3 is 2.36 bits per heavy atom. The van der Waals surface area contributed by atoms with Crippen LogP contribution in [-0.4, -0.2) is 67.5 Å². The Balaban J connectivity index is 1.74. The van der Waals surface area contributed by atoms with E-state index in [9.17, 15) is 23.6 Å². The highest BCUT2D eigenvalue weighted by Crippen LogP contribution is 2.31. The van der Waals surface area contributed by atoms with E-state index in [0.717, 1.165) is 16.7 Å². The standard InChI is InChI=1S/C30H33N3O5S/c1-21-17-33(22(2)19-34)30(35)27-14-8-7-13-26(27)25-12-6-4-11-24(25)20-38-28(21)18-32(3)39(36,37)29-15-9-5-10-23(29)16-31/h4-15,21-22,28,34H,17-20H2,1-3H3/t21-,22+,28-/m0/s1. The molecule has 0 aliphatic carbocycles. The second-order valence-corrected chi connectivity index (χ2v) is 11.9. The second kappa shape index (κ2) is 12.1. The lowest BCUT2D eigenvalue weighted by Crippen LogP contribution is -2.47. The summed E-state index contributed by atoms with van der Waals surface area (Å²) in [5.41, 5.74) is 3.11. The Morgan fingerprint density at radius 2 is 1.67 bits per heavy atom. The first-order valence-electron chi connectivity index (χ1n) is 12.8. The smallest absolute Gasteiger partial charge is 0.254 e. The molecule has 0 radical (unpaired) electrons. The Hall–Kier alpha value is -3.55. The summed E-state index contributed by atoms with van der Waals surface area (Å²) in [6.07, 6.45) is -0.588. The molecular weight excluding hydrogens is 514 g/mol. The van der Waals surface area contributed by atoms with Crippen molar-refractivity contribution in [2.45, 2.75) is 37.5 Å². The molecular formula is C30H33N3O5S. The van der Waals surface area contributed by atoms with Gasteiger partial charge in [-0.2, -0.15) is 9.57 Å². The van der Waals surface area contributed by atoms with Crippen LogP contribution < -0.4 is 0 Å². The molecule has 1 aliphatic rings. The van der Waals surface area contributed by atoms with Gasteiger partial charge >= 0.3 is 0 Å². The van der Waals surface area contributed by atoms with Crippen LogP contribution in [0.25, 0.3) is 11.1 Å². The molecule has 39 heavy (non-hydrogen) atoms. The van der Waals surface area contributed by atoms with Gasteiger partial charge in [0.1, 0.15) is 6.07 Å². The quantitative estimate of drug-likeness (QED) is 0.501. The van der Waals surface area contributed by atoms with Gasteiger partial charge in [-0.15, -0.1) is 0 Å². The van der Waals surface area contributed by atoms with Crippen LogP contribution in [0.1, 0.15) is 35.3 Å². The van der Waals surface area contributed by atoms with Crippen molar-refractivity contribution >= 4 is 15.9 Å². The number of hydrogen-bond donors (Lipinski definition) is 1. The maximum absolute atomic E-state index is 13.9. The van der Waals surface area contributed by atoms with Gasteiger partial charge < -0.3 is 14.7 Å². The van der Waals surface area contributed by atoms with E-state index in [-0.39, 0.29) is 48.6 Å². The van der Waals surface area contributed by atoms with E-state index in [1.165, 1.54) is 23.5 Å². The molecule has 8 nitrogen and oxygen atoms in total. The number of carbonyl (C=O) groups is 1. The maximum Gasteiger partial charge on any atom is 0.254 e. The number of fused-ring (bicyclic) bond motifs is 3. The minimum absolute atomic E-state index is 0.00785. The van der Waals surface area contributed by atoms with Crippen LogP contribution in [0.2, 0.25) is 0 Å². The molecule has 0 aromatic heterocycles. The van der Waals surface area contributed by atoms with Gasteiger partial charge in [0, 0.05) is 31.6 Å². The molecule has 3 aromatic rings. The summed E-state index contributed by atoms with van der Waals surface area (Å²) in [6.45, 7) is 3.95. The predicted octanol–water partition coefficient (Wildman–Crippen LogP) is 3.90. The molecule has 0 spiro atoms. The molecule has 4 rings (SSSR count). The summed E-state index contributed by atoms with van der Waals surface area (Å²) in [5, 5.41) is 19.5. The zero-order valence-electron chi connectivity index (χ0n) is 22.3. The molecule has 0 saturated carbocycles. The molecule has 0 saturated heterocycles. The first-order valence-corrected chi connectivity index (χ1v) is 14.3. The van der Waals surface area contributed by atoms with E-state index in [0.29, 0.717) is 5.56 Å². The van der Waals surface area contributed by atoms with Crippen molar-refractivity contribution in [3.8, 4) is 17.2 Å².